The number of amides is 2. The van der Waals surface area contributed by atoms with Gasteiger partial charge in [-0.25, -0.2) is 4.68 Å². The van der Waals surface area contributed by atoms with Gasteiger partial charge in [-0.1, -0.05) is 29.8 Å². The van der Waals surface area contributed by atoms with Crippen molar-refractivity contribution in [2.45, 2.75) is 32.7 Å². The third-order valence-corrected chi connectivity index (χ3v) is 6.65. The molecule has 3 aromatic rings. The van der Waals surface area contributed by atoms with Crippen LogP contribution in [0.5, 0.6) is 0 Å². The molecule has 1 aliphatic heterocycles. The summed E-state index contributed by atoms with van der Waals surface area (Å²) in [6.45, 7) is 4.92. The highest BCUT2D eigenvalue weighted by Crippen LogP contribution is 2.26. The van der Waals surface area contributed by atoms with E-state index in [1.165, 1.54) is 11.3 Å². The molecule has 3 heterocycles. The van der Waals surface area contributed by atoms with Gasteiger partial charge in [-0.3, -0.25) is 9.59 Å². The van der Waals surface area contributed by atoms with Crippen molar-refractivity contribution >= 4 is 34.8 Å². The molecule has 2 aromatic heterocycles. The molecule has 2 amide bonds. The SMILES string of the molecule is Cc1ccc(C(=O)NC2CCN(C(=O)c3c(C)nn(-c4ccccc4)c3Cl)CC2)s1. The van der Waals surface area contributed by atoms with Crippen LogP contribution in [0.3, 0.4) is 0 Å². The molecule has 6 nitrogen and oxygen atoms in total. The van der Waals surface area contributed by atoms with E-state index in [4.69, 9.17) is 11.6 Å². The molecular weight excluding hydrogens is 420 g/mol. The van der Waals surface area contributed by atoms with Crippen LogP contribution in [0.4, 0.5) is 0 Å². The normalized spacial score (nSPS) is 14.7. The predicted molar refractivity (Wildman–Crippen MR) is 119 cm³/mol. The molecule has 1 fully saturated rings. The number of para-hydroxylation sites is 1. The lowest BCUT2D eigenvalue weighted by atomic mass is 10.0. The topological polar surface area (TPSA) is 67.2 Å². The molecule has 0 bridgehead atoms. The number of hydrogen-bond acceptors (Lipinski definition) is 4. The Kier molecular flexibility index (Phi) is 5.92. The summed E-state index contributed by atoms with van der Waals surface area (Å²) in [5, 5.41) is 7.88. The van der Waals surface area contributed by atoms with E-state index in [-0.39, 0.29) is 17.9 Å². The van der Waals surface area contributed by atoms with Gasteiger partial charge in [-0.15, -0.1) is 11.3 Å². The monoisotopic (exact) mass is 442 g/mol. The van der Waals surface area contributed by atoms with Gasteiger partial charge >= 0.3 is 0 Å². The number of nitrogens with zero attached hydrogens (tertiary/aromatic N) is 3. The number of carbonyl (C=O) groups is 2. The maximum absolute atomic E-state index is 13.1. The average molecular weight is 443 g/mol. The maximum Gasteiger partial charge on any atom is 0.261 e. The Morgan fingerprint density at radius 2 is 1.80 bits per heavy atom. The van der Waals surface area contributed by atoms with Crippen LogP contribution in [0.2, 0.25) is 5.15 Å². The Hall–Kier alpha value is -2.64. The van der Waals surface area contributed by atoms with Gasteiger partial charge in [-0.05, 0) is 51.0 Å². The number of hydrogen-bond donors (Lipinski definition) is 1. The smallest absolute Gasteiger partial charge is 0.261 e. The van der Waals surface area contributed by atoms with Crippen LogP contribution < -0.4 is 5.32 Å². The molecule has 1 saturated heterocycles. The summed E-state index contributed by atoms with van der Waals surface area (Å²) in [4.78, 5) is 29.2. The Bertz CT molecular complexity index is 1070. The number of rotatable bonds is 4. The van der Waals surface area contributed by atoms with Gasteiger partial charge in [0.25, 0.3) is 11.8 Å². The van der Waals surface area contributed by atoms with E-state index in [1.54, 1.807) is 16.5 Å². The molecule has 0 radical (unpaired) electrons. The number of piperidine rings is 1. The average Bonchev–Trinajstić information content (AvgIpc) is 3.31. The molecule has 1 aliphatic rings. The Labute approximate surface area is 184 Å². The molecule has 0 unspecified atom stereocenters. The van der Waals surface area contributed by atoms with E-state index < -0.39 is 0 Å². The highest BCUT2D eigenvalue weighted by Gasteiger charge is 2.29. The van der Waals surface area contributed by atoms with Gasteiger partial charge in [0.05, 0.1) is 21.8 Å². The van der Waals surface area contributed by atoms with Crippen LogP contribution in [0.1, 0.15) is 43.4 Å². The minimum absolute atomic E-state index is 0.0408. The second-order valence-corrected chi connectivity index (χ2v) is 9.09. The predicted octanol–water partition coefficient (Wildman–Crippen LogP) is 4.24. The highest BCUT2D eigenvalue weighted by atomic mass is 35.5. The largest absolute Gasteiger partial charge is 0.348 e. The molecule has 156 valence electrons. The van der Waals surface area contributed by atoms with Crippen molar-refractivity contribution < 1.29 is 9.59 Å². The van der Waals surface area contributed by atoms with Gasteiger partial charge in [0.2, 0.25) is 0 Å². The fourth-order valence-corrected chi connectivity index (χ4v) is 4.80. The minimum Gasteiger partial charge on any atom is -0.348 e. The first kappa shape index (κ1) is 20.6. The molecule has 0 aliphatic carbocycles. The molecule has 0 spiro atoms. The zero-order valence-corrected chi connectivity index (χ0v) is 18.5. The highest BCUT2D eigenvalue weighted by molar-refractivity contribution is 7.13. The second-order valence-electron chi connectivity index (χ2n) is 7.45. The van der Waals surface area contributed by atoms with E-state index in [0.29, 0.717) is 42.3 Å². The minimum atomic E-state index is -0.113. The fourth-order valence-electron chi connectivity index (χ4n) is 3.68. The first-order valence-electron chi connectivity index (χ1n) is 9.91. The first-order valence-corrected chi connectivity index (χ1v) is 11.1. The van der Waals surface area contributed by atoms with Crippen LogP contribution in [-0.4, -0.2) is 45.6 Å². The quantitative estimate of drug-likeness (QED) is 0.657. The van der Waals surface area contributed by atoms with Crippen LogP contribution >= 0.6 is 22.9 Å². The van der Waals surface area contributed by atoms with Crippen LogP contribution in [0.15, 0.2) is 42.5 Å². The van der Waals surface area contributed by atoms with Crippen molar-refractivity contribution in [3.05, 3.63) is 68.6 Å². The van der Waals surface area contributed by atoms with E-state index in [0.717, 1.165) is 15.4 Å². The summed E-state index contributed by atoms with van der Waals surface area (Å²) in [5.41, 5.74) is 1.87. The summed E-state index contributed by atoms with van der Waals surface area (Å²) in [6.07, 6.45) is 1.43. The van der Waals surface area contributed by atoms with Gasteiger partial charge in [-0.2, -0.15) is 5.10 Å². The Balaban J connectivity index is 1.41. The van der Waals surface area contributed by atoms with Crippen molar-refractivity contribution in [3.63, 3.8) is 0 Å². The standard InChI is InChI=1S/C22H23ClN4O2S/c1-14-8-9-18(30-14)21(28)24-16-10-12-26(13-11-16)22(29)19-15(2)25-27(20(19)23)17-6-4-3-5-7-17/h3-9,16H,10-13H2,1-2H3,(H,24,28). The second kappa shape index (κ2) is 8.62. The number of halogens is 1. The maximum atomic E-state index is 13.1. The van der Waals surface area contributed by atoms with Gasteiger partial charge < -0.3 is 10.2 Å². The molecule has 0 saturated carbocycles. The van der Waals surface area contributed by atoms with Crippen molar-refractivity contribution in [2.24, 2.45) is 0 Å². The van der Waals surface area contributed by atoms with E-state index >= 15 is 0 Å². The number of likely N-dealkylation sites (tertiary alicyclic amines) is 1. The molecule has 4 rings (SSSR count). The van der Waals surface area contributed by atoms with Gasteiger partial charge in [0.1, 0.15) is 5.15 Å². The number of aromatic nitrogens is 2. The lowest BCUT2D eigenvalue weighted by Gasteiger charge is -2.32. The third kappa shape index (κ3) is 4.13. The lowest BCUT2D eigenvalue weighted by molar-refractivity contribution is 0.0698. The fraction of sp³-hybridized carbons (Fsp3) is 0.318. The molecule has 30 heavy (non-hydrogen) atoms. The van der Waals surface area contributed by atoms with E-state index in [1.807, 2.05) is 49.4 Å². The number of nitrogens with one attached hydrogen (secondary N) is 1. The summed E-state index contributed by atoms with van der Waals surface area (Å²) >= 11 is 8.03. The van der Waals surface area contributed by atoms with Crippen LogP contribution in [-0.2, 0) is 0 Å². The number of carbonyl (C=O) groups excluding carboxylic acids is 2. The van der Waals surface area contributed by atoms with Crippen molar-refractivity contribution in [1.82, 2.24) is 20.0 Å². The third-order valence-electron chi connectivity index (χ3n) is 5.30. The van der Waals surface area contributed by atoms with Crippen molar-refractivity contribution in [1.29, 1.82) is 0 Å². The van der Waals surface area contributed by atoms with Crippen LogP contribution in [0.25, 0.3) is 5.69 Å². The summed E-state index contributed by atoms with van der Waals surface area (Å²) < 4.78 is 1.60. The molecular formula is C22H23ClN4O2S. The van der Waals surface area contributed by atoms with Crippen molar-refractivity contribution in [3.8, 4) is 5.69 Å². The number of benzene rings is 1. The van der Waals surface area contributed by atoms with Gasteiger partial charge in [0.15, 0.2) is 0 Å². The van der Waals surface area contributed by atoms with E-state index in [2.05, 4.69) is 10.4 Å². The molecule has 1 N–H and O–H groups in total. The molecule has 1 aromatic carbocycles. The molecule has 0 atom stereocenters. The number of aryl methyl sites for hydroxylation is 2. The summed E-state index contributed by atoms with van der Waals surface area (Å²) in [6, 6.07) is 13.4. The first-order chi connectivity index (χ1) is 14.4. The Morgan fingerprint density at radius 3 is 2.43 bits per heavy atom. The Morgan fingerprint density at radius 1 is 1.10 bits per heavy atom. The van der Waals surface area contributed by atoms with Crippen molar-refractivity contribution in [2.75, 3.05) is 13.1 Å². The summed E-state index contributed by atoms with van der Waals surface area (Å²) in [7, 11) is 0. The van der Waals surface area contributed by atoms with Crippen LogP contribution in [0, 0.1) is 13.8 Å². The number of thiophene rings is 1. The lowest BCUT2D eigenvalue weighted by Crippen LogP contribution is -2.46. The van der Waals surface area contributed by atoms with Gasteiger partial charge in [0, 0.05) is 24.0 Å². The zero-order chi connectivity index (χ0) is 21.3. The summed E-state index contributed by atoms with van der Waals surface area (Å²) in [5.74, 6) is -0.153. The zero-order valence-electron chi connectivity index (χ0n) is 16.9. The van der Waals surface area contributed by atoms with E-state index in [9.17, 15) is 9.59 Å². The molecule has 8 heteroatoms.